The van der Waals surface area contributed by atoms with E-state index in [1.165, 1.54) is 9.09 Å². The minimum absolute atomic E-state index is 0.332. The van der Waals surface area contributed by atoms with Gasteiger partial charge in [0.25, 0.3) is 0 Å². The number of rotatable bonds is 0. The van der Waals surface area contributed by atoms with Gasteiger partial charge >= 0.3 is 5.69 Å². The predicted octanol–water partition coefficient (Wildman–Crippen LogP) is 0.145. The van der Waals surface area contributed by atoms with E-state index in [1.54, 1.807) is 29.8 Å². The number of hydrogen-bond acceptors (Lipinski definition) is 3. The lowest BCUT2D eigenvalue weighted by atomic mass is 10.6. The molecule has 0 spiro atoms. The Kier molecular flexibility index (Phi) is 1.79. The second-order valence-electron chi connectivity index (χ2n) is 1.54. The minimum atomic E-state index is -0.332. The maximum Gasteiger partial charge on any atom is 0.373 e. The summed E-state index contributed by atoms with van der Waals surface area (Å²) in [6.45, 7) is 1.78. The molecular weight excluding hydrogens is 233 g/mol. The molecular formula is C4H4IN3O. The molecule has 9 heavy (non-hydrogen) atoms. The lowest BCUT2D eigenvalue weighted by Gasteiger charge is -1.90. The fourth-order valence-electron chi connectivity index (χ4n) is 0.403. The van der Waals surface area contributed by atoms with Crippen LogP contribution in [0.5, 0.6) is 0 Å². The highest BCUT2D eigenvalue weighted by molar-refractivity contribution is 14.1. The van der Waals surface area contributed by atoms with E-state index >= 15 is 0 Å². The van der Waals surface area contributed by atoms with Crippen molar-refractivity contribution in [3.63, 3.8) is 0 Å². The Morgan fingerprint density at radius 1 is 1.78 bits per heavy atom. The summed E-state index contributed by atoms with van der Waals surface area (Å²) in [6, 6.07) is 0. The third kappa shape index (κ3) is 1.47. The van der Waals surface area contributed by atoms with Gasteiger partial charge < -0.3 is 0 Å². The summed E-state index contributed by atoms with van der Waals surface area (Å²) in [5.41, 5.74) is 0.408. The molecule has 0 aliphatic rings. The largest absolute Gasteiger partial charge is 0.373 e. The van der Waals surface area contributed by atoms with E-state index in [0.717, 1.165) is 5.69 Å². The zero-order valence-electron chi connectivity index (χ0n) is 4.71. The third-order valence-corrected chi connectivity index (χ3v) is 1.39. The Balaban J connectivity index is 3.34. The first-order chi connectivity index (χ1) is 4.20. The second-order valence-corrected chi connectivity index (χ2v) is 2.46. The molecule has 0 aliphatic heterocycles. The summed E-state index contributed by atoms with van der Waals surface area (Å²) in [5.74, 6) is 0. The molecule has 0 aliphatic carbocycles. The van der Waals surface area contributed by atoms with Gasteiger partial charge in [-0.15, -0.1) is 0 Å². The van der Waals surface area contributed by atoms with Crippen LogP contribution in [0.4, 0.5) is 0 Å². The van der Waals surface area contributed by atoms with Crippen molar-refractivity contribution in [1.29, 1.82) is 0 Å². The summed E-state index contributed by atoms with van der Waals surface area (Å²) < 4.78 is 1.17. The van der Waals surface area contributed by atoms with Gasteiger partial charge in [-0.3, -0.25) is 0 Å². The first kappa shape index (κ1) is 6.66. The van der Waals surface area contributed by atoms with E-state index in [1.807, 2.05) is 0 Å². The van der Waals surface area contributed by atoms with Gasteiger partial charge in [-0.25, -0.2) is 4.79 Å². The summed E-state index contributed by atoms with van der Waals surface area (Å²) in [5, 5.41) is 3.80. The summed E-state index contributed by atoms with van der Waals surface area (Å²) in [7, 11) is 0. The fourth-order valence-corrected chi connectivity index (χ4v) is 0.868. The van der Waals surface area contributed by atoms with Gasteiger partial charge in [-0.1, -0.05) is 0 Å². The predicted molar refractivity (Wildman–Crippen MR) is 40.4 cm³/mol. The molecule has 0 radical (unpaired) electrons. The van der Waals surface area contributed by atoms with E-state index in [4.69, 9.17) is 0 Å². The zero-order chi connectivity index (χ0) is 6.85. The fraction of sp³-hybridized carbons (Fsp3) is 0.250. The maximum absolute atomic E-state index is 10.6. The molecule has 4 nitrogen and oxygen atoms in total. The number of hydrogen-bond donors (Lipinski definition) is 0. The van der Waals surface area contributed by atoms with Gasteiger partial charge in [0.05, 0.1) is 34.8 Å². The molecule has 0 bridgehead atoms. The quantitative estimate of drug-likeness (QED) is 0.603. The van der Waals surface area contributed by atoms with Crippen molar-refractivity contribution in [1.82, 2.24) is 13.0 Å². The van der Waals surface area contributed by atoms with Crippen LogP contribution < -0.4 is 5.69 Å². The van der Waals surface area contributed by atoms with E-state index in [0.29, 0.717) is 0 Å². The SMILES string of the molecule is Cc1cnc(=O)n(I)n1. The highest BCUT2D eigenvalue weighted by atomic mass is 127. The second kappa shape index (κ2) is 2.42. The van der Waals surface area contributed by atoms with Gasteiger partial charge in [-0.2, -0.15) is 13.0 Å². The van der Waals surface area contributed by atoms with E-state index < -0.39 is 0 Å². The lowest BCUT2D eigenvalue weighted by Crippen LogP contribution is -2.18. The van der Waals surface area contributed by atoms with Crippen LogP contribution in [0.3, 0.4) is 0 Å². The molecule has 0 aromatic carbocycles. The van der Waals surface area contributed by atoms with Crippen LogP contribution in [0.2, 0.25) is 0 Å². The molecule has 1 aromatic rings. The van der Waals surface area contributed by atoms with Crippen LogP contribution in [-0.2, 0) is 0 Å². The summed E-state index contributed by atoms with van der Waals surface area (Å²) in [6.07, 6.45) is 1.44. The monoisotopic (exact) mass is 237 g/mol. The lowest BCUT2D eigenvalue weighted by molar-refractivity contribution is 0.856. The van der Waals surface area contributed by atoms with Crippen LogP contribution in [0, 0.1) is 6.92 Å². The molecule has 0 saturated carbocycles. The zero-order valence-corrected chi connectivity index (χ0v) is 6.86. The van der Waals surface area contributed by atoms with Crippen molar-refractivity contribution in [3.05, 3.63) is 22.4 Å². The Morgan fingerprint density at radius 2 is 2.44 bits per heavy atom. The molecule has 1 aromatic heterocycles. The molecule has 0 amide bonds. The van der Waals surface area contributed by atoms with Gasteiger partial charge in [0.2, 0.25) is 0 Å². The smallest absolute Gasteiger partial charge is 0.243 e. The molecule has 48 valence electrons. The van der Waals surface area contributed by atoms with Gasteiger partial charge in [-0.05, 0) is 6.92 Å². The summed E-state index contributed by atoms with van der Waals surface area (Å²) in [4.78, 5) is 14.1. The molecule has 0 saturated heterocycles. The third-order valence-electron chi connectivity index (χ3n) is 0.765. The van der Waals surface area contributed by atoms with Crippen molar-refractivity contribution in [2.75, 3.05) is 0 Å². The molecule has 0 atom stereocenters. The Bertz CT molecular complexity index is 269. The number of aryl methyl sites for hydroxylation is 1. The van der Waals surface area contributed by atoms with Gasteiger partial charge in [0.15, 0.2) is 0 Å². The van der Waals surface area contributed by atoms with Crippen LogP contribution in [0.15, 0.2) is 11.0 Å². The average molecular weight is 237 g/mol. The Hall–Kier alpha value is -0.460. The maximum atomic E-state index is 10.6. The average Bonchev–Trinajstić information content (AvgIpc) is 1.80. The summed E-state index contributed by atoms with van der Waals surface area (Å²) >= 11 is 1.78. The van der Waals surface area contributed by atoms with Crippen molar-refractivity contribution in [3.8, 4) is 0 Å². The van der Waals surface area contributed by atoms with E-state index in [-0.39, 0.29) is 5.69 Å². The van der Waals surface area contributed by atoms with Crippen LogP contribution in [-0.4, -0.2) is 13.0 Å². The normalized spacial score (nSPS) is 9.56. The van der Waals surface area contributed by atoms with Gasteiger partial charge in [0.1, 0.15) is 0 Å². The first-order valence-electron chi connectivity index (χ1n) is 2.29. The molecule has 0 N–H and O–H groups in total. The van der Waals surface area contributed by atoms with Crippen molar-refractivity contribution in [2.45, 2.75) is 6.92 Å². The highest BCUT2D eigenvalue weighted by Gasteiger charge is 1.91. The molecule has 5 heteroatoms. The molecule has 0 fully saturated rings. The van der Waals surface area contributed by atoms with Crippen molar-refractivity contribution < 1.29 is 0 Å². The molecule has 1 heterocycles. The topological polar surface area (TPSA) is 47.8 Å². The van der Waals surface area contributed by atoms with E-state index in [9.17, 15) is 4.79 Å². The van der Waals surface area contributed by atoms with Gasteiger partial charge in [0, 0.05) is 0 Å². The highest BCUT2D eigenvalue weighted by Crippen LogP contribution is 1.84. The number of halogens is 1. The Labute approximate surface area is 65.4 Å². The minimum Gasteiger partial charge on any atom is -0.243 e. The Morgan fingerprint density at radius 3 is 2.89 bits per heavy atom. The van der Waals surface area contributed by atoms with Crippen molar-refractivity contribution in [2.24, 2.45) is 0 Å². The molecule has 0 unspecified atom stereocenters. The standard InChI is InChI=1S/C4H4IN3O/c1-3-2-6-4(9)8(5)7-3/h2H,1H3. The van der Waals surface area contributed by atoms with E-state index in [2.05, 4.69) is 10.1 Å². The van der Waals surface area contributed by atoms with Crippen LogP contribution in [0.25, 0.3) is 0 Å². The molecule has 1 rings (SSSR count). The van der Waals surface area contributed by atoms with Crippen molar-refractivity contribution >= 4 is 22.9 Å². The first-order valence-corrected chi connectivity index (χ1v) is 3.26. The number of aromatic nitrogens is 3. The van der Waals surface area contributed by atoms with Crippen LogP contribution >= 0.6 is 22.9 Å². The number of nitrogens with zero attached hydrogens (tertiary/aromatic N) is 3. The van der Waals surface area contributed by atoms with Crippen LogP contribution in [0.1, 0.15) is 5.69 Å².